The van der Waals surface area contributed by atoms with Gasteiger partial charge in [-0.25, -0.2) is 0 Å². The van der Waals surface area contributed by atoms with Crippen molar-refractivity contribution in [3.8, 4) is 0 Å². The molecule has 4 unspecified atom stereocenters. The highest BCUT2D eigenvalue weighted by Gasteiger charge is 2.40. The molecule has 3 rings (SSSR count). The van der Waals surface area contributed by atoms with Gasteiger partial charge in [-0.05, 0) is 68.7 Å². The fraction of sp³-hybridized carbons (Fsp3) is 0.611. The lowest BCUT2D eigenvalue weighted by molar-refractivity contribution is -0.117. The van der Waals surface area contributed by atoms with Crippen LogP contribution in [-0.2, 0) is 4.79 Å². The Kier molecular flexibility index (Phi) is 4.29. The van der Waals surface area contributed by atoms with Crippen molar-refractivity contribution < 1.29 is 4.79 Å². The molecule has 0 radical (unpaired) electrons. The summed E-state index contributed by atoms with van der Waals surface area (Å²) in [7, 11) is 1.95. The summed E-state index contributed by atoms with van der Waals surface area (Å²) in [5, 5.41) is 6.27. The first-order valence-electron chi connectivity index (χ1n) is 8.22. The third-order valence-electron chi connectivity index (χ3n) is 5.46. The molecule has 114 valence electrons. The van der Waals surface area contributed by atoms with E-state index in [1.165, 1.54) is 31.2 Å². The largest absolute Gasteiger partial charge is 0.326 e. The second-order valence-electron chi connectivity index (χ2n) is 6.82. The Morgan fingerprint density at radius 2 is 2.00 bits per heavy atom. The van der Waals surface area contributed by atoms with Crippen LogP contribution in [0, 0.1) is 17.8 Å². The van der Waals surface area contributed by atoms with Crippen molar-refractivity contribution >= 4 is 11.6 Å². The van der Waals surface area contributed by atoms with Crippen molar-refractivity contribution in [1.82, 2.24) is 5.32 Å². The maximum absolute atomic E-state index is 12.2. The van der Waals surface area contributed by atoms with E-state index in [0.29, 0.717) is 18.4 Å². The number of carbonyl (C=O) groups is 1. The molecule has 1 aromatic carbocycles. The Morgan fingerprint density at radius 1 is 1.24 bits per heavy atom. The topological polar surface area (TPSA) is 41.1 Å². The third kappa shape index (κ3) is 3.29. The first-order chi connectivity index (χ1) is 10.2. The number of fused-ring (bicyclic) bond motifs is 2. The number of anilines is 1. The van der Waals surface area contributed by atoms with E-state index in [1.54, 1.807) is 0 Å². The van der Waals surface area contributed by atoms with Crippen LogP contribution in [0.15, 0.2) is 24.3 Å². The van der Waals surface area contributed by atoms with Gasteiger partial charge in [0.2, 0.25) is 5.91 Å². The van der Waals surface area contributed by atoms with Gasteiger partial charge in [-0.15, -0.1) is 0 Å². The summed E-state index contributed by atoms with van der Waals surface area (Å²) in [6, 6.07) is 8.50. The molecule has 0 aromatic heterocycles. The molecule has 0 saturated heterocycles. The van der Waals surface area contributed by atoms with Crippen LogP contribution < -0.4 is 10.6 Å². The molecule has 0 spiro atoms. The molecule has 2 aliphatic carbocycles. The zero-order chi connectivity index (χ0) is 14.8. The van der Waals surface area contributed by atoms with Crippen LogP contribution >= 0.6 is 0 Å². The maximum atomic E-state index is 12.2. The Morgan fingerprint density at radius 3 is 2.57 bits per heavy atom. The highest BCUT2D eigenvalue weighted by molar-refractivity contribution is 5.90. The first-order valence-corrected chi connectivity index (χ1v) is 8.22. The summed E-state index contributed by atoms with van der Waals surface area (Å²) < 4.78 is 0. The molecule has 1 amide bonds. The lowest BCUT2D eigenvalue weighted by atomic mass is 9.86. The van der Waals surface area contributed by atoms with Gasteiger partial charge >= 0.3 is 0 Å². The van der Waals surface area contributed by atoms with Crippen molar-refractivity contribution in [2.75, 3.05) is 12.4 Å². The molecular formula is C18H26N2O. The summed E-state index contributed by atoms with van der Waals surface area (Å²) in [6.45, 7) is 2.13. The van der Waals surface area contributed by atoms with Crippen LogP contribution in [0.25, 0.3) is 0 Å². The molecule has 4 atom stereocenters. The van der Waals surface area contributed by atoms with Gasteiger partial charge in [-0.3, -0.25) is 4.79 Å². The van der Waals surface area contributed by atoms with Gasteiger partial charge in [-0.2, -0.15) is 0 Å². The lowest BCUT2D eigenvalue weighted by Crippen LogP contribution is -2.20. The SMILES string of the molecule is CNC(C)c1ccc(NC(=O)CC2CC3CCC2C3)cc1. The van der Waals surface area contributed by atoms with E-state index in [0.717, 1.165) is 17.5 Å². The summed E-state index contributed by atoms with van der Waals surface area (Å²) in [5.74, 6) is 2.55. The number of hydrogen-bond donors (Lipinski definition) is 2. The van der Waals surface area contributed by atoms with Crippen LogP contribution in [-0.4, -0.2) is 13.0 Å². The monoisotopic (exact) mass is 286 g/mol. The fourth-order valence-electron chi connectivity index (χ4n) is 4.10. The molecule has 0 aliphatic heterocycles. The zero-order valence-electron chi connectivity index (χ0n) is 13.1. The van der Waals surface area contributed by atoms with Crippen LogP contribution in [0.3, 0.4) is 0 Å². The molecule has 2 saturated carbocycles. The van der Waals surface area contributed by atoms with Crippen LogP contribution in [0.5, 0.6) is 0 Å². The highest BCUT2D eigenvalue weighted by Crippen LogP contribution is 2.49. The van der Waals surface area contributed by atoms with Crippen molar-refractivity contribution in [2.45, 2.75) is 45.1 Å². The van der Waals surface area contributed by atoms with E-state index in [-0.39, 0.29) is 5.91 Å². The maximum Gasteiger partial charge on any atom is 0.224 e. The zero-order valence-corrected chi connectivity index (χ0v) is 13.1. The number of benzene rings is 1. The quantitative estimate of drug-likeness (QED) is 0.866. The van der Waals surface area contributed by atoms with Crippen LogP contribution in [0.1, 0.15) is 50.6 Å². The van der Waals surface area contributed by atoms with E-state index >= 15 is 0 Å². The molecule has 21 heavy (non-hydrogen) atoms. The Balaban J connectivity index is 1.52. The Bertz CT molecular complexity index is 496. The van der Waals surface area contributed by atoms with E-state index < -0.39 is 0 Å². The molecule has 0 heterocycles. The standard InChI is InChI=1S/C18H26N2O/c1-12(19-2)14-5-7-17(8-6-14)20-18(21)11-16-10-13-3-4-15(16)9-13/h5-8,12-13,15-16,19H,3-4,9-11H2,1-2H3,(H,20,21). The molecule has 3 heteroatoms. The normalized spacial score (nSPS) is 28.6. The smallest absolute Gasteiger partial charge is 0.224 e. The predicted octanol–water partition coefficient (Wildman–Crippen LogP) is 3.73. The number of amides is 1. The van der Waals surface area contributed by atoms with Gasteiger partial charge in [0, 0.05) is 18.2 Å². The minimum atomic E-state index is 0.182. The van der Waals surface area contributed by atoms with Crippen molar-refractivity contribution in [2.24, 2.45) is 17.8 Å². The molecule has 2 fully saturated rings. The summed E-state index contributed by atoms with van der Waals surface area (Å²) in [6.07, 6.45) is 6.09. The lowest BCUT2D eigenvalue weighted by Gasteiger charge is -2.21. The molecule has 1 aromatic rings. The van der Waals surface area contributed by atoms with E-state index in [4.69, 9.17) is 0 Å². The van der Waals surface area contributed by atoms with E-state index in [9.17, 15) is 4.79 Å². The average Bonchev–Trinajstić information content (AvgIpc) is 3.09. The summed E-state index contributed by atoms with van der Waals surface area (Å²) >= 11 is 0. The van der Waals surface area contributed by atoms with Gasteiger partial charge in [0.25, 0.3) is 0 Å². The van der Waals surface area contributed by atoms with Gasteiger partial charge in [0.15, 0.2) is 0 Å². The van der Waals surface area contributed by atoms with Gasteiger partial charge in [0.1, 0.15) is 0 Å². The van der Waals surface area contributed by atoms with Crippen LogP contribution in [0.4, 0.5) is 5.69 Å². The number of nitrogens with one attached hydrogen (secondary N) is 2. The summed E-state index contributed by atoms with van der Waals surface area (Å²) in [4.78, 5) is 12.2. The molecule has 3 nitrogen and oxygen atoms in total. The van der Waals surface area contributed by atoms with Gasteiger partial charge < -0.3 is 10.6 Å². The minimum absolute atomic E-state index is 0.182. The third-order valence-corrected chi connectivity index (χ3v) is 5.46. The van der Waals surface area contributed by atoms with E-state index in [2.05, 4.69) is 29.7 Å². The average molecular weight is 286 g/mol. The molecule has 2 N–H and O–H groups in total. The number of carbonyl (C=O) groups excluding carboxylic acids is 1. The number of rotatable bonds is 5. The first kappa shape index (κ1) is 14.6. The molecule has 2 aliphatic rings. The second kappa shape index (κ2) is 6.18. The molecular weight excluding hydrogens is 260 g/mol. The van der Waals surface area contributed by atoms with E-state index in [1.807, 2.05) is 19.2 Å². The van der Waals surface area contributed by atoms with Gasteiger partial charge in [0.05, 0.1) is 0 Å². The van der Waals surface area contributed by atoms with Gasteiger partial charge in [-0.1, -0.05) is 18.6 Å². The highest BCUT2D eigenvalue weighted by atomic mass is 16.1. The number of hydrogen-bond acceptors (Lipinski definition) is 2. The Hall–Kier alpha value is -1.35. The molecule has 2 bridgehead atoms. The second-order valence-corrected chi connectivity index (χ2v) is 6.82. The predicted molar refractivity (Wildman–Crippen MR) is 86.1 cm³/mol. The van der Waals surface area contributed by atoms with Crippen molar-refractivity contribution in [1.29, 1.82) is 0 Å². The minimum Gasteiger partial charge on any atom is -0.326 e. The van der Waals surface area contributed by atoms with Crippen molar-refractivity contribution in [3.63, 3.8) is 0 Å². The fourth-order valence-corrected chi connectivity index (χ4v) is 4.10. The van der Waals surface area contributed by atoms with Crippen molar-refractivity contribution in [3.05, 3.63) is 29.8 Å². The summed E-state index contributed by atoms with van der Waals surface area (Å²) in [5.41, 5.74) is 2.15. The van der Waals surface area contributed by atoms with Crippen LogP contribution in [0.2, 0.25) is 0 Å². The Labute approximate surface area is 127 Å².